The molecule has 6 atom stereocenters. The van der Waals surface area contributed by atoms with Crippen molar-refractivity contribution >= 4 is 28.4 Å². The highest BCUT2D eigenvalue weighted by Crippen LogP contribution is 2.36. The smallest absolute Gasteiger partial charge is 0.407 e. The average Bonchev–Trinajstić information content (AvgIpc) is 3.88. The molecule has 3 aliphatic rings. The number of hydrogen-bond donors (Lipinski definition) is 2. The van der Waals surface area contributed by atoms with Gasteiger partial charge < -0.3 is 38.8 Å². The third-order valence-corrected chi connectivity index (χ3v) is 10.8. The second-order valence-electron chi connectivity index (χ2n) is 12.7. The molecule has 0 radical (unpaired) electrons. The molecule has 6 rings (SSSR count). The molecule has 12 nitrogen and oxygen atoms in total. The Bertz CT molecular complexity index is 1550. The Morgan fingerprint density at radius 1 is 1.15 bits per heavy atom. The number of amides is 1. The molecule has 0 bridgehead atoms. The first-order valence-electron chi connectivity index (χ1n) is 16.3. The van der Waals surface area contributed by atoms with Crippen LogP contribution in [0.25, 0.3) is 0 Å². The lowest BCUT2D eigenvalue weighted by atomic mass is 9.94. The van der Waals surface area contributed by atoms with Gasteiger partial charge in [-0.05, 0) is 55.5 Å². The summed E-state index contributed by atoms with van der Waals surface area (Å²) in [6.07, 6.45) is -0.769. The second kappa shape index (κ2) is 16.0. The molecule has 0 saturated carbocycles. The first-order valence-corrected chi connectivity index (χ1v) is 18.2. The molecule has 2 aromatic carbocycles. The van der Waals surface area contributed by atoms with Gasteiger partial charge in [-0.2, -0.15) is 0 Å². The Balaban J connectivity index is 1.13. The number of ether oxygens (including phenoxy) is 6. The van der Waals surface area contributed by atoms with Crippen molar-refractivity contribution in [3.8, 4) is 17.2 Å². The number of alkyl carbamates (subject to hydrolysis) is 1. The minimum absolute atomic E-state index is 0.0377. The quantitative estimate of drug-likeness (QED) is 0.234. The van der Waals surface area contributed by atoms with Crippen LogP contribution in [-0.4, -0.2) is 82.8 Å². The minimum atomic E-state index is -1.61. The summed E-state index contributed by atoms with van der Waals surface area (Å²) in [6.45, 7) is 8.28. The molecule has 260 valence electrons. The third kappa shape index (κ3) is 8.84. The lowest BCUT2D eigenvalue weighted by Gasteiger charge is -2.30. The van der Waals surface area contributed by atoms with E-state index in [9.17, 15) is 14.1 Å². The van der Waals surface area contributed by atoms with Gasteiger partial charge in [-0.25, -0.2) is 18.3 Å². The molecular formula is C34H43N3O9S2. The summed E-state index contributed by atoms with van der Waals surface area (Å²) in [4.78, 5) is 18.1. The normalized spacial score (nSPS) is 21.7. The van der Waals surface area contributed by atoms with Gasteiger partial charge in [0.15, 0.2) is 17.8 Å². The fourth-order valence-electron chi connectivity index (χ4n) is 6.08. The highest BCUT2D eigenvalue weighted by Gasteiger charge is 2.42. The van der Waals surface area contributed by atoms with Gasteiger partial charge in [-0.15, -0.1) is 11.3 Å². The molecule has 0 spiro atoms. The molecule has 2 N–H and O–H groups in total. The molecule has 4 heterocycles. The van der Waals surface area contributed by atoms with E-state index in [1.54, 1.807) is 33.8 Å². The molecular weight excluding hydrogens is 659 g/mol. The number of rotatable bonds is 15. The Hall–Kier alpha value is -3.27. The van der Waals surface area contributed by atoms with E-state index < -0.39 is 29.2 Å². The van der Waals surface area contributed by atoms with Crippen molar-refractivity contribution in [1.29, 1.82) is 0 Å². The number of carbonyl (C=O) groups is 1. The van der Waals surface area contributed by atoms with Gasteiger partial charge in [0.05, 0.1) is 47.6 Å². The third-order valence-electron chi connectivity index (χ3n) is 8.53. The highest BCUT2D eigenvalue weighted by atomic mass is 32.2. The number of aromatic nitrogens is 1. The summed E-state index contributed by atoms with van der Waals surface area (Å²) in [5.74, 6) is 2.23. The van der Waals surface area contributed by atoms with Gasteiger partial charge in [0.2, 0.25) is 6.79 Å². The number of thiazole rings is 1. The number of aryl methyl sites for hydroxylation is 1. The molecule has 2 saturated heterocycles. The molecule has 5 unspecified atom stereocenters. The maximum absolute atomic E-state index is 13.8. The van der Waals surface area contributed by atoms with Crippen molar-refractivity contribution in [2.75, 3.05) is 39.7 Å². The average molecular weight is 702 g/mol. The van der Waals surface area contributed by atoms with Crippen molar-refractivity contribution in [1.82, 2.24) is 14.6 Å². The van der Waals surface area contributed by atoms with Crippen LogP contribution in [0.3, 0.4) is 0 Å². The zero-order valence-corrected chi connectivity index (χ0v) is 29.0. The lowest BCUT2D eigenvalue weighted by molar-refractivity contribution is -0.0906. The minimum Gasteiger partial charge on any atom is -0.487 e. The zero-order valence-electron chi connectivity index (χ0n) is 27.4. The van der Waals surface area contributed by atoms with Crippen molar-refractivity contribution in [2.45, 2.75) is 63.6 Å². The summed E-state index contributed by atoms with van der Waals surface area (Å²) in [7, 11) is -1.61. The van der Waals surface area contributed by atoms with Crippen LogP contribution in [0.5, 0.6) is 17.2 Å². The van der Waals surface area contributed by atoms with Crippen LogP contribution in [0, 0.1) is 24.7 Å². The van der Waals surface area contributed by atoms with E-state index in [0.29, 0.717) is 54.9 Å². The van der Waals surface area contributed by atoms with E-state index in [0.717, 1.165) is 22.7 Å². The molecule has 48 heavy (non-hydrogen) atoms. The predicted molar refractivity (Wildman–Crippen MR) is 178 cm³/mol. The summed E-state index contributed by atoms with van der Waals surface area (Å²) < 4.78 is 49.3. The van der Waals surface area contributed by atoms with E-state index in [4.69, 9.17) is 28.4 Å². The van der Waals surface area contributed by atoms with Gasteiger partial charge in [0.1, 0.15) is 23.3 Å². The van der Waals surface area contributed by atoms with Crippen LogP contribution in [-0.2, 0) is 38.2 Å². The number of aliphatic hydroxyl groups excluding tert-OH is 1. The standard InChI is InChI=1S/C34H43N3O9S2/c1-21(2)14-37(48(40)27-8-9-31-32(13-27)46-20-45-31)15-30(38)29(36-34(39)44-17-24-16-43-33-28(24)10-11-41-33)12-23-4-6-26(7-5-23)42-18-25-19-47-22(3)35-25/h4-9,13,19,21,24,28-30,33,38H,10-12,14-18,20H2,1-3H3,(H,36,39)/t24?,28?,29-,30?,33?,48?/m0/s1. The Morgan fingerprint density at radius 3 is 2.73 bits per heavy atom. The van der Waals surface area contributed by atoms with Gasteiger partial charge in [-0.3, -0.25) is 0 Å². The first-order chi connectivity index (χ1) is 23.2. The van der Waals surface area contributed by atoms with Gasteiger partial charge >= 0.3 is 6.09 Å². The summed E-state index contributed by atoms with van der Waals surface area (Å²) in [5.41, 5.74) is 1.75. The maximum atomic E-state index is 13.8. The molecule has 1 aromatic heterocycles. The molecule has 14 heteroatoms. The number of carbonyl (C=O) groups excluding carboxylic acids is 1. The molecule has 0 aliphatic carbocycles. The molecule has 1 amide bonds. The summed E-state index contributed by atoms with van der Waals surface area (Å²) >= 11 is 1.58. The van der Waals surface area contributed by atoms with Gasteiger partial charge in [0.25, 0.3) is 0 Å². The molecule has 3 aliphatic heterocycles. The highest BCUT2D eigenvalue weighted by molar-refractivity contribution is 7.82. The van der Waals surface area contributed by atoms with Crippen molar-refractivity contribution in [2.24, 2.45) is 17.8 Å². The molecule has 2 fully saturated rings. The van der Waals surface area contributed by atoms with Crippen molar-refractivity contribution < 1.29 is 42.5 Å². The monoisotopic (exact) mass is 701 g/mol. The SMILES string of the molecule is Cc1nc(COc2ccc(C[C@H](NC(=O)OCC3COC4OCCC34)C(O)CN(CC(C)C)S(=O)c3ccc4c(c3)OCO4)cc2)cs1. The number of aliphatic hydroxyl groups is 1. The van der Waals surface area contributed by atoms with Crippen molar-refractivity contribution in [3.63, 3.8) is 0 Å². The first kappa shape index (κ1) is 34.6. The van der Waals surface area contributed by atoms with Crippen LogP contribution in [0.1, 0.15) is 36.5 Å². The largest absolute Gasteiger partial charge is 0.487 e. The van der Waals surface area contributed by atoms with Crippen LogP contribution in [0.2, 0.25) is 0 Å². The van der Waals surface area contributed by atoms with Gasteiger partial charge in [-0.1, -0.05) is 26.0 Å². The Labute approximate surface area is 287 Å². The van der Waals surface area contributed by atoms with Crippen LogP contribution in [0.15, 0.2) is 52.7 Å². The Morgan fingerprint density at radius 2 is 1.96 bits per heavy atom. The molecule has 3 aromatic rings. The topological polar surface area (TPSA) is 138 Å². The van der Waals surface area contributed by atoms with Crippen molar-refractivity contribution in [3.05, 3.63) is 64.1 Å². The zero-order chi connectivity index (χ0) is 33.6. The van der Waals surface area contributed by atoms with Crippen LogP contribution in [0.4, 0.5) is 4.79 Å². The predicted octanol–water partition coefficient (Wildman–Crippen LogP) is 4.45. The summed E-state index contributed by atoms with van der Waals surface area (Å²) in [6, 6.07) is 12.0. The maximum Gasteiger partial charge on any atom is 0.407 e. The fraction of sp³-hybridized carbons (Fsp3) is 0.529. The number of nitrogens with one attached hydrogen (secondary N) is 1. The van der Waals surface area contributed by atoms with E-state index in [1.807, 2.05) is 50.4 Å². The van der Waals surface area contributed by atoms with Crippen LogP contribution >= 0.6 is 11.3 Å². The van der Waals surface area contributed by atoms with E-state index >= 15 is 0 Å². The Kier molecular flexibility index (Phi) is 11.5. The van der Waals surface area contributed by atoms with E-state index in [-0.39, 0.29) is 44.0 Å². The number of hydrogen-bond acceptors (Lipinski definition) is 11. The second-order valence-corrected chi connectivity index (χ2v) is 15.2. The number of benzene rings is 2. The number of nitrogens with zero attached hydrogens (tertiary/aromatic N) is 2. The number of fused-ring (bicyclic) bond motifs is 2. The van der Waals surface area contributed by atoms with Crippen LogP contribution < -0.4 is 19.5 Å². The fourth-order valence-corrected chi connectivity index (χ4v) is 8.09. The lowest BCUT2D eigenvalue weighted by Crippen LogP contribution is -2.50. The summed E-state index contributed by atoms with van der Waals surface area (Å²) in [5, 5.41) is 17.5. The van der Waals surface area contributed by atoms with E-state index in [2.05, 4.69) is 10.3 Å². The van der Waals surface area contributed by atoms with E-state index in [1.165, 1.54) is 0 Å². The van der Waals surface area contributed by atoms with Gasteiger partial charge in [0, 0.05) is 36.4 Å².